The van der Waals surface area contributed by atoms with Crippen molar-refractivity contribution in [3.05, 3.63) is 16.0 Å². The molecule has 0 aromatic carbocycles. The normalized spacial score (nSPS) is 22.9. The predicted octanol–water partition coefficient (Wildman–Crippen LogP) is 9.32. The van der Waals surface area contributed by atoms with Crippen molar-refractivity contribution in [3.63, 3.8) is 0 Å². The average Bonchev–Trinajstić information content (AvgIpc) is 3.18. The minimum Gasteiger partial charge on any atom is -0.662 e. The second-order valence-corrected chi connectivity index (χ2v) is 12.6. The van der Waals surface area contributed by atoms with E-state index in [1.807, 2.05) is 0 Å². The van der Waals surface area contributed by atoms with Crippen molar-refractivity contribution < 1.29 is 63.2 Å². The summed E-state index contributed by atoms with van der Waals surface area (Å²) >= 11 is 0. The zero-order chi connectivity index (χ0) is 22.1. The molecule has 0 amide bonds. The van der Waals surface area contributed by atoms with Crippen LogP contribution in [0, 0.1) is 34.0 Å². The summed E-state index contributed by atoms with van der Waals surface area (Å²) in [6.45, 7) is 27.5. The molecule has 0 aromatic heterocycles. The molecule has 34 heavy (non-hydrogen) atoms. The number of nitrogens with zero attached hydrogens (tertiary/aromatic N) is 3. The first-order valence-corrected chi connectivity index (χ1v) is 12.2. The molecule has 0 bridgehead atoms. The topological polar surface area (TPSA) is 42.3 Å². The third kappa shape index (κ3) is 20.0. The molecule has 208 valence electrons. The molecule has 3 heterocycles. The average molecular weight is 990 g/mol. The van der Waals surface area contributed by atoms with Gasteiger partial charge in [-0.15, -0.1) is 39.3 Å². The van der Waals surface area contributed by atoms with Gasteiger partial charge in [-0.1, -0.05) is 121 Å². The van der Waals surface area contributed by atoms with Gasteiger partial charge >= 0.3 is 0 Å². The van der Waals surface area contributed by atoms with Gasteiger partial charge in [-0.05, 0) is 22.2 Å². The van der Waals surface area contributed by atoms with Gasteiger partial charge in [-0.25, -0.2) is 0 Å². The third-order valence-electron chi connectivity index (χ3n) is 7.15. The molecule has 3 rings (SSSR count). The first-order chi connectivity index (χ1) is 13.3. The molecular weight excluding hydrogens is 930 g/mol. The van der Waals surface area contributed by atoms with E-state index in [0.717, 1.165) is 57.0 Å². The van der Waals surface area contributed by atoms with Crippen LogP contribution in [0.15, 0.2) is 0 Å². The van der Waals surface area contributed by atoms with Gasteiger partial charge in [0.1, 0.15) is 0 Å². The minimum atomic E-state index is 0. The molecule has 0 aromatic rings. The fraction of sp³-hybridized carbons (Fsp3) is 1.00. The molecule has 0 radical (unpaired) electrons. The smallest absolute Gasteiger partial charge is 0 e. The van der Waals surface area contributed by atoms with Crippen LogP contribution >= 0.6 is 0 Å². The number of rotatable bonds is 0. The summed E-state index contributed by atoms with van der Waals surface area (Å²) in [4.78, 5) is 0. The maximum Gasteiger partial charge on any atom is 0 e. The zero-order valence-corrected chi connectivity index (χ0v) is 31.4. The molecule has 0 saturated carbocycles. The first kappa shape index (κ1) is 45.8. The Morgan fingerprint density at radius 2 is 0.765 bits per heavy atom. The summed E-state index contributed by atoms with van der Waals surface area (Å²) in [6.07, 6.45) is 6.62. The van der Waals surface area contributed by atoms with Crippen LogP contribution < -0.4 is 0 Å². The Morgan fingerprint density at radius 1 is 0.441 bits per heavy atom. The van der Waals surface area contributed by atoms with E-state index in [2.05, 4.69) is 78.3 Å². The van der Waals surface area contributed by atoms with Crippen LogP contribution in [0.1, 0.15) is 109 Å². The van der Waals surface area contributed by atoms with E-state index in [9.17, 15) is 0 Å². The van der Waals surface area contributed by atoms with Gasteiger partial charge in [0.15, 0.2) is 0 Å². The van der Waals surface area contributed by atoms with Crippen LogP contribution in [0.2, 0.25) is 0 Å². The van der Waals surface area contributed by atoms with E-state index >= 15 is 0 Å². The summed E-state index contributed by atoms with van der Waals surface area (Å²) in [5, 5.41) is 13.1. The van der Waals surface area contributed by atoms with Crippen molar-refractivity contribution >= 4 is 0 Å². The molecule has 3 aliphatic rings. The minimum absolute atomic E-state index is 0. The Morgan fingerprint density at radius 3 is 1.00 bits per heavy atom. The van der Waals surface area contributed by atoms with Crippen LogP contribution in [-0.2, 0) is 63.2 Å². The van der Waals surface area contributed by atoms with Crippen molar-refractivity contribution in [2.75, 3.05) is 39.3 Å². The molecule has 3 saturated heterocycles. The van der Waals surface area contributed by atoms with Crippen LogP contribution in [0.5, 0.6) is 0 Å². The molecule has 0 aliphatic carbocycles. The third-order valence-corrected chi connectivity index (χ3v) is 7.15. The summed E-state index contributed by atoms with van der Waals surface area (Å²) < 4.78 is 0. The van der Waals surface area contributed by atoms with E-state index in [4.69, 9.17) is 0 Å². The molecule has 0 N–H and O–H groups in total. The van der Waals surface area contributed by atoms with Crippen molar-refractivity contribution in [1.29, 1.82) is 0 Å². The quantitative estimate of drug-likeness (QED) is 0.233. The number of hydrogen-bond acceptors (Lipinski definition) is 0. The largest absolute Gasteiger partial charge is 0.662 e. The van der Waals surface area contributed by atoms with E-state index in [-0.39, 0.29) is 78.0 Å². The van der Waals surface area contributed by atoms with Gasteiger partial charge in [-0.3, -0.25) is 0 Å². The zero-order valence-electron chi connectivity index (χ0n) is 22.6. The van der Waals surface area contributed by atoms with Crippen molar-refractivity contribution in [1.82, 2.24) is 0 Å². The summed E-state index contributed by atoms with van der Waals surface area (Å²) in [7, 11) is 0. The Hall–Kier alpha value is 1.94. The SMILES string of the molecule is C.C.CC(C)(C)C1CCC[N-]C1.CC(C)(C)C1CC[N-]C1.CC(C)(C)C1CC[N-]CC1.[W].[W].[W]. The van der Waals surface area contributed by atoms with Gasteiger partial charge in [0.05, 0.1) is 0 Å². The molecular formula is C28H60N3W3-3. The predicted molar refractivity (Wildman–Crippen MR) is 145 cm³/mol. The van der Waals surface area contributed by atoms with Gasteiger partial charge in [0.2, 0.25) is 0 Å². The van der Waals surface area contributed by atoms with Gasteiger partial charge in [-0.2, -0.15) is 0 Å². The fourth-order valence-electron chi connectivity index (χ4n) is 4.40. The maximum absolute atomic E-state index is 4.42. The number of piperidine rings is 2. The summed E-state index contributed by atoms with van der Waals surface area (Å²) in [6, 6.07) is 0. The molecule has 3 aliphatic heterocycles. The molecule has 2 atom stereocenters. The molecule has 3 nitrogen and oxygen atoms in total. The Labute approximate surface area is 259 Å². The van der Waals surface area contributed by atoms with Gasteiger partial charge in [0.25, 0.3) is 0 Å². The Kier molecular flexibility index (Phi) is 29.4. The van der Waals surface area contributed by atoms with Crippen LogP contribution in [0.4, 0.5) is 0 Å². The van der Waals surface area contributed by atoms with Crippen molar-refractivity contribution in [2.45, 2.75) is 109 Å². The maximum atomic E-state index is 4.42. The summed E-state index contributed by atoms with van der Waals surface area (Å²) in [5.74, 6) is 2.59. The van der Waals surface area contributed by atoms with E-state index in [1.54, 1.807) is 0 Å². The molecule has 0 spiro atoms. The molecule has 6 heteroatoms. The fourth-order valence-corrected chi connectivity index (χ4v) is 4.40. The number of hydrogen-bond donors (Lipinski definition) is 0. The van der Waals surface area contributed by atoms with Gasteiger partial charge < -0.3 is 16.0 Å². The van der Waals surface area contributed by atoms with E-state index in [0.29, 0.717) is 16.2 Å². The van der Waals surface area contributed by atoms with E-state index in [1.165, 1.54) is 32.1 Å². The molecule has 2 unspecified atom stereocenters. The second-order valence-electron chi connectivity index (χ2n) is 12.6. The van der Waals surface area contributed by atoms with Crippen molar-refractivity contribution in [2.24, 2.45) is 34.0 Å². The standard InChI is InChI=1S/2C9H18N.C8H16N.2CH4.3W/c1-9(2,3)8-4-6-10-7-5-8;1-9(2,3)8-5-4-6-10-7-8;1-8(2,3)7-4-5-9-6-7;;;;;/h2*8H,4-7H2,1-3H3;7H,4-6H2,1-3H3;2*1H4;;;/q3*-1;;;;;. The van der Waals surface area contributed by atoms with Gasteiger partial charge in [0, 0.05) is 63.2 Å². The van der Waals surface area contributed by atoms with Crippen molar-refractivity contribution in [3.8, 4) is 0 Å². The molecule has 3 fully saturated rings. The summed E-state index contributed by atoms with van der Waals surface area (Å²) in [5.41, 5.74) is 1.47. The second kappa shape index (κ2) is 21.8. The monoisotopic (exact) mass is 990 g/mol. The van der Waals surface area contributed by atoms with Crippen LogP contribution in [0.3, 0.4) is 0 Å². The van der Waals surface area contributed by atoms with Crippen LogP contribution in [0.25, 0.3) is 16.0 Å². The van der Waals surface area contributed by atoms with E-state index < -0.39 is 0 Å². The Balaban J connectivity index is -0.000000115. The van der Waals surface area contributed by atoms with Crippen LogP contribution in [-0.4, -0.2) is 39.3 Å². The first-order valence-electron chi connectivity index (χ1n) is 12.2. The Bertz CT molecular complexity index is 394.